The van der Waals surface area contributed by atoms with E-state index in [9.17, 15) is 9.59 Å². The molecule has 3 aromatic rings. The molecule has 0 spiro atoms. The molecule has 0 unspecified atom stereocenters. The Morgan fingerprint density at radius 3 is 1.79 bits per heavy atom. The van der Waals surface area contributed by atoms with Gasteiger partial charge in [0, 0.05) is 0 Å². The maximum Gasteiger partial charge on any atom is 0.339 e. The lowest BCUT2D eigenvalue weighted by Gasteiger charge is -2.16. The minimum atomic E-state index is -0.541. The van der Waals surface area contributed by atoms with E-state index in [-0.39, 0.29) is 24.3 Å². The van der Waals surface area contributed by atoms with Crippen molar-refractivity contribution in [1.29, 1.82) is 0 Å². The largest absolute Gasteiger partial charge is 0.462 e. The molecule has 0 aliphatic rings. The SMILES string of the molecule is CCOC(=O)c1cc(-c2ccccc2)cc(-c2ccccc2)c1C(=O)OCC. The smallest absolute Gasteiger partial charge is 0.339 e. The number of benzene rings is 3. The van der Waals surface area contributed by atoms with E-state index in [0.717, 1.165) is 16.7 Å². The zero-order valence-electron chi connectivity index (χ0n) is 16.0. The highest BCUT2D eigenvalue weighted by Crippen LogP contribution is 2.33. The van der Waals surface area contributed by atoms with E-state index in [4.69, 9.17) is 9.47 Å². The first-order valence-electron chi connectivity index (χ1n) is 9.28. The summed E-state index contributed by atoms with van der Waals surface area (Å²) in [5.41, 5.74) is 3.68. The second-order valence-electron chi connectivity index (χ2n) is 6.12. The Morgan fingerprint density at radius 1 is 0.679 bits per heavy atom. The summed E-state index contributed by atoms with van der Waals surface area (Å²) < 4.78 is 10.5. The van der Waals surface area contributed by atoms with Gasteiger partial charge < -0.3 is 9.47 Å². The van der Waals surface area contributed by atoms with Crippen molar-refractivity contribution in [2.75, 3.05) is 13.2 Å². The second-order valence-corrected chi connectivity index (χ2v) is 6.12. The number of esters is 2. The molecular weight excluding hydrogens is 352 g/mol. The highest BCUT2D eigenvalue weighted by Gasteiger charge is 2.25. The van der Waals surface area contributed by atoms with Crippen LogP contribution >= 0.6 is 0 Å². The van der Waals surface area contributed by atoms with Crippen LogP contribution in [0.25, 0.3) is 22.3 Å². The quantitative estimate of drug-likeness (QED) is 0.544. The fraction of sp³-hybridized carbons (Fsp3) is 0.167. The van der Waals surface area contributed by atoms with Gasteiger partial charge in [-0.05, 0) is 48.2 Å². The lowest BCUT2D eigenvalue weighted by molar-refractivity contribution is 0.0479. The van der Waals surface area contributed by atoms with Gasteiger partial charge in [-0.2, -0.15) is 0 Å². The molecule has 142 valence electrons. The van der Waals surface area contributed by atoms with Crippen LogP contribution < -0.4 is 0 Å². The average molecular weight is 374 g/mol. The Kier molecular flexibility index (Phi) is 6.22. The van der Waals surface area contributed by atoms with Crippen LogP contribution in [0.3, 0.4) is 0 Å². The van der Waals surface area contributed by atoms with Gasteiger partial charge in [0.05, 0.1) is 24.3 Å². The van der Waals surface area contributed by atoms with Crippen LogP contribution in [0.1, 0.15) is 34.6 Å². The van der Waals surface area contributed by atoms with Gasteiger partial charge in [-0.3, -0.25) is 0 Å². The summed E-state index contributed by atoms with van der Waals surface area (Å²) in [6.07, 6.45) is 0. The Labute approximate surface area is 164 Å². The van der Waals surface area contributed by atoms with Gasteiger partial charge in [-0.1, -0.05) is 60.7 Å². The van der Waals surface area contributed by atoms with Crippen molar-refractivity contribution in [2.45, 2.75) is 13.8 Å². The van der Waals surface area contributed by atoms with E-state index in [0.29, 0.717) is 5.56 Å². The van der Waals surface area contributed by atoms with Crippen LogP contribution in [0.5, 0.6) is 0 Å². The van der Waals surface area contributed by atoms with Gasteiger partial charge in [-0.15, -0.1) is 0 Å². The van der Waals surface area contributed by atoms with Gasteiger partial charge in [0.15, 0.2) is 0 Å². The molecule has 0 amide bonds. The monoisotopic (exact) mass is 374 g/mol. The fourth-order valence-corrected chi connectivity index (χ4v) is 3.08. The van der Waals surface area contributed by atoms with E-state index in [2.05, 4.69) is 0 Å². The summed E-state index contributed by atoms with van der Waals surface area (Å²) in [7, 11) is 0. The molecular formula is C24H22O4. The summed E-state index contributed by atoms with van der Waals surface area (Å²) in [4.78, 5) is 25.5. The topological polar surface area (TPSA) is 52.6 Å². The second kappa shape index (κ2) is 9.00. The minimum Gasteiger partial charge on any atom is -0.462 e. The van der Waals surface area contributed by atoms with E-state index >= 15 is 0 Å². The zero-order chi connectivity index (χ0) is 19.9. The van der Waals surface area contributed by atoms with Crippen LogP contribution in [-0.4, -0.2) is 25.2 Å². The molecule has 0 saturated heterocycles. The molecule has 0 heterocycles. The summed E-state index contributed by atoms with van der Waals surface area (Å²) in [6, 6.07) is 22.8. The number of hydrogen-bond donors (Lipinski definition) is 0. The predicted molar refractivity (Wildman–Crippen MR) is 109 cm³/mol. The molecule has 0 aliphatic carbocycles. The lowest BCUT2D eigenvalue weighted by atomic mass is 9.90. The highest BCUT2D eigenvalue weighted by molar-refractivity contribution is 6.09. The number of rotatable bonds is 6. The first-order chi connectivity index (χ1) is 13.7. The first-order valence-corrected chi connectivity index (χ1v) is 9.28. The summed E-state index contributed by atoms with van der Waals surface area (Å²) in [6.45, 7) is 3.91. The van der Waals surface area contributed by atoms with Crippen molar-refractivity contribution in [2.24, 2.45) is 0 Å². The molecule has 4 nitrogen and oxygen atoms in total. The molecule has 4 heteroatoms. The van der Waals surface area contributed by atoms with Crippen LogP contribution in [0, 0.1) is 0 Å². The maximum absolute atomic E-state index is 12.8. The van der Waals surface area contributed by atoms with Crippen molar-refractivity contribution >= 4 is 11.9 Å². The van der Waals surface area contributed by atoms with Gasteiger partial charge in [0.1, 0.15) is 0 Å². The molecule has 0 N–H and O–H groups in total. The third kappa shape index (κ3) is 4.12. The minimum absolute atomic E-state index is 0.209. The van der Waals surface area contributed by atoms with Crippen LogP contribution in [0.15, 0.2) is 72.8 Å². The molecule has 3 aromatic carbocycles. The van der Waals surface area contributed by atoms with E-state index in [1.807, 2.05) is 66.7 Å². The average Bonchev–Trinajstić information content (AvgIpc) is 2.74. The molecule has 0 aromatic heterocycles. The molecule has 28 heavy (non-hydrogen) atoms. The molecule has 0 bridgehead atoms. The number of carbonyl (C=O) groups excluding carboxylic acids is 2. The van der Waals surface area contributed by atoms with Crippen LogP contribution in [-0.2, 0) is 9.47 Å². The van der Waals surface area contributed by atoms with Gasteiger partial charge >= 0.3 is 11.9 Å². The summed E-state index contributed by atoms with van der Waals surface area (Å²) in [5, 5.41) is 0. The van der Waals surface area contributed by atoms with Crippen molar-refractivity contribution in [3.05, 3.63) is 83.9 Å². The fourth-order valence-electron chi connectivity index (χ4n) is 3.08. The lowest BCUT2D eigenvalue weighted by Crippen LogP contribution is -2.16. The predicted octanol–water partition coefficient (Wildman–Crippen LogP) is 5.37. The number of ether oxygens (including phenoxy) is 2. The van der Waals surface area contributed by atoms with Crippen molar-refractivity contribution in [1.82, 2.24) is 0 Å². The Bertz CT molecular complexity index is 963. The van der Waals surface area contributed by atoms with Gasteiger partial charge in [-0.25, -0.2) is 9.59 Å². The third-order valence-electron chi connectivity index (χ3n) is 4.31. The molecule has 0 saturated carbocycles. The Hall–Kier alpha value is -3.40. The van der Waals surface area contributed by atoms with Crippen LogP contribution in [0.2, 0.25) is 0 Å². The van der Waals surface area contributed by atoms with E-state index < -0.39 is 11.9 Å². The Balaban J connectivity index is 2.31. The molecule has 0 aliphatic heterocycles. The standard InChI is InChI=1S/C24H22O4/c1-3-27-23(25)21-16-19(17-11-7-5-8-12-17)15-20(18-13-9-6-10-14-18)22(21)24(26)28-4-2/h5-16H,3-4H2,1-2H3. The van der Waals surface area contributed by atoms with Gasteiger partial charge in [0.25, 0.3) is 0 Å². The first kappa shape index (κ1) is 19.4. The number of carbonyl (C=O) groups is 2. The zero-order valence-corrected chi connectivity index (χ0v) is 16.0. The van der Waals surface area contributed by atoms with E-state index in [1.165, 1.54) is 0 Å². The Morgan fingerprint density at radius 2 is 1.21 bits per heavy atom. The van der Waals surface area contributed by atoms with Crippen molar-refractivity contribution in [3.63, 3.8) is 0 Å². The molecule has 0 fully saturated rings. The summed E-state index contributed by atoms with van der Waals surface area (Å²) in [5.74, 6) is -1.08. The summed E-state index contributed by atoms with van der Waals surface area (Å²) >= 11 is 0. The normalized spacial score (nSPS) is 10.4. The number of hydrogen-bond acceptors (Lipinski definition) is 4. The van der Waals surface area contributed by atoms with Gasteiger partial charge in [0.2, 0.25) is 0 Å². The molecule has 0 radical (unpaired) electrons. The van der Waals surface area contributed by atoms with Crippen LogP contribution in [0.4, 0.5) is 0 Å². The highest BCUT2D eigenvalue weighted by atomic mass is 16.5. The van der Waals surface area contributed by atoms with E-state index in [1.54, 1.807) is 19.9 Å². The molecule has 0 atom stereocenters. The maximum atomic E-state index is 12.8. The van der Waals surface area contributed by atoms with Crippen molar-refractivity contribution in [3.8, 4) is 22.3 Å². The van der Waals surface area contributed by atoms with Crippen molar-refractivity contribution < 1.29 is 19.1 Å². The third-order valence-corrected chi connectivity index (χ3v) is 4.31. The molecule has 3 rings (SSSR count).